The van der Waals surface area contributed by atoms with Gasteiger partial charge in [0.15, 0.2) is 5.84 Å². The second-order valence-electron chi connectivity index (χ2n) is 4.63. The van der Waals surface area contributed by atoms with Gasteiger partial charge in [-0.1, -0.05) is 35.9 Å². The van der Waals surface area contributed by atoms with Crippen LogP contribution in [0.4, 0.5) is 0 Å². The lowest BCUT2D eigenvalue weighted by molar-refractivity contribution is 0.841. The molecular formula is C16H14ClN3. The number of allylic oxidation sites excluding steroid dienone is 1. The number of hydrogen-bond donors (Lipinski definition) is 1. The van der Waals surface area contributed by atoms with E-state index in [0.29, 0.717) is 0 Å². The highest BCUT2D eigenvalue weighted by Crippen LogP contribution is 2.29. The first-order chi connectivity index (χ1) is 9.74. The zero-order chi connectivity index (χ0) is 13.9. The van der Waals surface area contributed by atoms with Gasteiger partial charge in [-0.15, -0.1) is 0 Å². The van der Waals surface area contributed by atoms with Gasteiger partial charge in [0.2, 0.25) is 0 Å². The van der Waals surface area contributed by atoms with E-state index in [-0.39, 0.29) is 6.04 Å². The molecular weight excluding hydrogens is 270 g/mol. The second-order valence-corrected chi connectivity index (χ2v) is 5.04. The van der Waals surface area contributed by atoms with Gasteiger partial charge in [-0.05, 0) is 36.8 Å². The van der Waals surface area contributed by atoms with E-state index in [4.69, 9.17) is 16.6 Å². The SMILES string of the molecule is CC1=CC(c2ccccc2Cl)N=C(c2ccccn2)N1. The van der Waals surface area contributed by atoms with Crippen LogP contribution >= 0.6 is 11.6 Å². The fraction of sp³-hybridized carbons (Fsp3) is 0.125. The summed E-state index contributed by atoms with van der Waals surface area (Å²) in [6.45, 7) is 2.02. The molecule has 0 bridgehead atoms. The predicted octanol–water partition coefficient (Wildman–Crippen LogP) is 3.73. The standard InChI is InChI=1S/C16H14ClN3/c1-11-10-15(12-6-2-3-7-13(12)17)20-16(19-11)14-8-4-5-9-18-14/h2-10,15H,1H3,(H,19,20). The van der Waals surface area contributed by atoms with E-state index in [1.165, 1.54) is 0 Å². The highest BCUT2D eigenvalue weighted by molar-refractivity contribution is 6.31. The van der Waals surface area contributed by atoms with E-state index in [0.717, 1.165) is 27.8 Å². The summed E-state index contributed by atoms with van der Waals surface area (Å²) in [6.07, 6.45) is 3.82. The summed E-state index contributed by atoms with van der Waals surface area (Å²) < 4.78 is 0. The number of nitrogens with zero attached hydrogens (tertiary/aromatic N) is 2. The van der Waals surface area contributed by atoms with Crippen LogP contribution in [-0.4, -0.2) is 10.8 Å². The Morgan fingerprint density at radius 2 is 1.90 bits per heavy atom. The Kier molecular flexibility index (Phi) is 3.52. The van der Waals surface area contributed by atoms with Crippen LogP contribution in [0, 0.1) is 0 Å². The predicted molar refractivity (Wildman–Crippen MR) is 81.9 cm³/mol. The number of rotatable bonds is 2. The molecule has 4 heteroatoms. The monoisotopic (exact) mass is 283 g/mol. The number of hydrogen-bond acceptors (Lipinski definition) is 3. The van der Waals surface area contributed by atoms with Crippen LogP contribution in [0.5, 0.6) is 0 Å². The molecule has 0 amide bonds. The van der Waals surface area contributed by atoms with E-state index in [9.17, 15) is 0 Å². The van der Waals surface area contributed by atoms with E-state index in [1.807, 2.05) is 49.4 Å². The molecule has 2 aromatic rings. The van der Waals surface area contributed by atoms with Crippen molar-refractivity contribution < 1.29 is 0 Å². The third-order valence-electron chi connectivity index (χ3n) is 3.12. The molecule has 20 heavy (non-hydrogen) atoms. The quantitative estimate of drug-likeness (QED) is 0.912. The third kappa shape index (κ3) is 2.58. The van der Waals surface area contributed by atoms with Gasteiger partial charge in [0.1, 0.15) is 5.69 Å². The number of amidine groups is 1. The molecule has 100 valence electrons. The Labute approximate surface area is 123 Å². The number of pyridine rings is 1. The first-order valence-corrected chi connectivity index (χ1v) is 6.81. The largest absolute Gasteiger partial charge is 0.343 e. The van der Waals surface area contributed by atoms with Crippen LogP contribution in [-0.2, 0) is 0 Å². The Morgan fingerprint density at radius 1 is 1.10 bits per heavy atom. The van der Waals surface area contributed by atoms with Gasteiger partial charge in [0, 0.05) is 16.9 Å². The first-order valence-electron chi connectivity index (χ1n) is 6.43. The van der Waals surface area contributed by atoms with Crippen LogP contribution in [0.15, 0.2) is 65.4 Å². The maximum absolute atomic E-state index is 6.26. The first kappa shape index (κ1) is 12.9. The number of aliphatic imine (C=N–C) groups is 1. The van der Waals surface area contributed by atoms with Crippen LogP contribution in [0.1, 0.15) is 24.2 Å². The van der Waals surface area contributed by atoms with Crippen molar-refractivity contribution >= 4 is 17.4 Å². The summed E-state index contributed by atoms with van der Waals surface area (Å²) in [5, 5.41) is 3.99. The molecule has 1 N–H and O–H groups in total. The molecule has 1 atom stereocenters. The minimum Gasteiger partial charge on any atom is -0.343 e. The normalized spacial score (nSPS) is 18.0. The van der Waals surface area contributed by atoms with Crippen molar-refractivity contribution in [2.24, 2.45) is 4.99 Å². The van der Waals surface area contributed by atoms with Crippen LogP contribution in [0.25, 0.3) is 0 Å². The number of halogens is 1. The lowest BCUT2D eigenvalue weighted by Gasteiger charge is -2.21. The molecule has 0 aliphatic carbocycles. The summed E-state index contributed by atoms with van der Waals surface area (Å²) in [5.74, 6) is 0.774. The number of nitrogens with one attached hydrogen (secondary N) is 1. The highest BCUT2D eigenvalue weighted by atomic mass is 35.5. The minimum absolute atomic E-state index is 0.0815. The second kappa shape index (κ2) is 5.47. The fourth-order valence-corrected chi connectivity index (χ4v) is 2.43. The molecule has 1 aromatic heterocycles. The molecule has 0 saturated heterocycles. The molecule has 0 radical (unpaired) electrons. The zero-order valence-corrected chi connectivity index (χ0v) is 11.8. The molecule has 1 aliphatic rings. The molecule has 0 fully saturated rings. The molecule has 1 aliphatic heterocycles. The molecule has 3 nitrogen and oxygen atoms in total. The minimum atomic E-state index is -0.0815. The average molecular weight is 284 g/mol. The molecule has 1 aromatic carbocycles. The summed E-state index contributed by atoms with van der Waals surface area (Å²) >= 11 is 6.26. The van der Waals surface area contributed by atoms with Gasteiger partial charge in [0.25, 0.3) is 0 Å². The maximum atomic E-state index is 6.26. The third-order valence-corrected chi connectivity index (χ3v) is 3.47. The fourth-order valence-electron chi connectivity index (χ4n) is 2.18. The molecule has 1 unspecified atom stereocenters. The summed E-state index contributed by atoms with van der Waals surface area (Å²) in [5.41, 5.74) is 2.88. The summed E-state index contributed by atoms with van der Waals surface area (Å²) in [4.78, 5) is 9.05. The number of benzene rings is 1. The Hall–Kier alpha value is -2.13. The Balaban J connectivity index is 2.01. The summed E-state index contributed by atoms with van der Waals surface area (Å²) in [6, 6.07) is 13.5. The van der Waals surface area contributed by atoms with Crippen molar-refractivity contribution in [3.8, 4) is 0 Å². The van der Waals surface area contributed by atoms with Crippen molar-refractivity contribution in [3.63, 3.8) is 0 Å². The molecule has 2 heterocycles. The van der Waals surface area contributed by atoms with Gasteiger partial charge in [-0.3, -0.25) is 9.98 Å². The van der Waals surface area contributed by atoms with Crippen LogP contribution < -0.4 is 5.32 Å². The Morgan fingerprint density at radius 3 is 2.65 bits per heavy atom. The van der Waals surface area contributed by atoms with Crippen molar-refractivity contribution in [2.45, 2.75) is 13.0 Å². The van der Waals surface area contributed by atoms with Crippen molar-refractivity contribution in [1.29, 1.82) is 0 Å². The van der Waals surface area contributed by atoms with Gasteiger partial charge in [-0.25, -0.2) is 0 Å². The van der Waals surface area contributed by atoms with Crippen LogP contribution in [0.3, 0.4) is 0 Å². The van der Waals surface area contributed by atoms with Gasteiger partial charge >= 0.3 is 0 Å². The van der Waals surface area contributed by atoms with E-state index in [1.54, 1.807) is 6.20 Å². The lowest BCUT2D eigenvalue weighted by Crippen LogP contribution is -2.28. The van der Waals surface area contributed by atoms with Crippen molar-refractivity contribution in [1.82, 2.24) is 10.3 Å². The topological polar surface area (TPSA) is 37.3 Å². The summed E-state index contributed by atoms with van der Waals surface area (Å²) in [7, 11) is 0. The van der Waals surface area contributed by atoms with Gasteiger partial charge in [0.05, 0.1) is 6.04 Å². The van der Waals surface area contributed by atoms with E-state index >= 15 is 0 Å². The maximum Gasteiger partial charge on any atom is 0.152 e. The Bertz CT molecular complexity index is 677. The van der Waals surface area contributed by atoms with Gasteiger partial charge < -0.3 is 5.32 Å². The van der Waals surface area contributed by atoms with Crippen LogP contribution in [0.2, 0.25) is 5.02 Å². The molecule has 0 spiro atoms. The smallest absolute Gasteiger partial charge is 0.152 e. The van der Waals surface area contributed by atoms with E-state index < -0.39 is 0 Å². The lowest BCUT2D eigenvalue weighted by atomic mass is 10.0. The average Bonchev–Trinajstić information content (AvgIpc) is 2.48. The van der Waals surface area contributed by atoms with Crippen molar-refractivity contribution in [3.05, 3.63) is 76.7 Å². The molecule has 3 rings (SSSR count). The number of aromatic nitrogens is 1. The van der Waals surface area contributed by atoms with Gasteiger partial charge in [-0.2, -0.15) is 0 Å². The van der Waals surface area contributed by atoms with Crippen molar-refractivity contribution in [2.75, 3.05) is 0 Å². The highest BCUT2D eigenvalue weighted by Gasteiger charge is 2.18. The zero-order valence-electron chi connectivity index (χ0n) is 11.0. The van der Waals surface area contributed by atoms with E-state index in [2.05, 4.69) is 16.4 Å². The molecule has 0 saturated carbocycles.